The lowest BCUT2D eigenvalue weighted by molar-refractivity contribution is 0.436. The fraction of sp³-hybridized carbons (Fsp3) is 0.400. The van der Waals surface area contributed by atoms with Gasteiger partial charge in [0.15, 0.2) is 0 Å². The average Bonchev–Trinajstić information content (AvgIpc) is 2.58. The zero-order valence-electron chi connectivity index (χ0n) is 13.5. The SMILES string of the molecule is CCCCN[C@@H]1CC[C@@H](c2ccc(Cl)c(Cl)c2)c2ccccc21. The van der Waals surface area contributed by atoms with Crippen LogP contribution in [0.2, 0.25) is 10.0 Å². The van der Waals surface area contributed by atoms with Crippen LogP contribution in [-0.4, -0.2) is 6.54 Å². The van der Waals surface area contributed by atoms with Crippen molar-refractivity contribution >= 4 is 23.2 Å². The Kier molecular flexibility index (Phi) is 5.63. The van der Waals surface area contributed by atoms with E-state index in [4.69, 9.17) is 23.2 Å². The number of hydrogen-bond acceptors (Lipinski definition) is 1. The third-order valence-corrected chi connectivity index (χ3v) is 5.50. The lowest BCUT2D eigenvalue weighted by Crippen LogP contribution is -2.27. The molecule has 3 heteroatoms. The molecule has 0 spiro atoms. The largest absolute Gasteiger partial charge is 0.310 e. The number of hydrogen-bond donors (Lipinski definition) is 1. The number of nitrogens with one attached hydrogen (secondary N) is 1. The lowest BCUT2D eigenvalue weighted by atomic mass is 9.77. The van der Waals surface area contributed by atoms with E-state index in [1.54, 1.807) is 0 Å². The molecule has 0 unspecified atom stereocenters. The topological polar surface area (TPSA) is 12.0 Å². The Labute approximate surface area is 149 Å². The maximum Gasteiger partial charge on any atom is 0.0595 e. The summed E-state index contributed by atoms with van der Waals surface area (Å²) in [4.78, 5) is 0. The maximum absolute atomic E-state index is 6.23. The summed E-state index contributed by atoms with van der Waals surface area (Å²) in [7, 11) is 0. The van der Waals surface area contributed by atoms with E-state index in [1.165, 1.54) is 29.5 Å². The second-order valence-electron chi connectivity index (χ2n) is 6.29. The fourth-order valence-corrected chi connectivity index (χ4v) is 3.84. The highest BCUT2D eigenvalue weighted by atomic mass is 35.5. The summed E-state index contributed by atoms with van der Waals surface area (Å²) < 4.78 is 0. The van der Waals surface area contributed by atoms with Crippen LogP contribution in [-0.2, 0) is 0 Å². The second kappa shape index (κ2) is 7.70. The molecule has 0 aliphatic heterocycles. The average molecular weight is 348 g/mol. The molecule has 2 atom stereocenters. The van der Waals surface area contributed by atoms with Gasteiger partial charge < -0.3 is 5.32 Å². The molecule has 1 aliphatic rings. The summed E-state index contributed by atoms with van der Waals surface area (Å²) in [6, 6.07) is 15.3. The van der Waals surface area contributed by atoms with Crippen molar-refractivity contribution in [1.82, 2.24) is 5.32 Å². The first-order valence-electron chi connectivity index (χ1n) is 8.48. The van der Waals surface area contributed by atoms with Gasteiger partial charge in [-0.15, -0.1) is 0 Å². The van der Waals surface area contributed by atoms with Gasteiger partial charge in [0.1, 0.15) is 0 Å². The number of fused-ring (bicyclic) bond motifs is 1. The van der Waals surface area contributed by atoms with Gasteiger partial charge in [0.05, 0.1) is 10.0 Å². The molecule has 23 heavy (non-hydrogen) atoms. The van der Waals surface area contributed by atoms with Crippen molar-refractivity contribution in [2.24, 2.45) is 0 Å². The van der Waals surface area contributed by atoms with E-state index in [9.17, 15) is 0 Å². The summed E-state index contributed by atoms with van der Waals surface area (Å²) in [5, 5.41) is 4.99. The van der Waals surface area contributed by atoms with Crippen molar-refractivity contribution in [2.75, 3.05) is 6.54 Å². The van der Waals surface area contributed by atoms with Crippen LogP contribution in [0.5, 0.6) is 0 Å². The van der Waals surface area contributed by atoms with E-state index in [2.05, 4.69) is 42.6 Å². The molecular formula is C20H23Cl2N. The first-order chi connectivity index (χ1) is 11.2. The molecule has 0 heterocycles. The normalized spacial score (nSPS) is 20.3. The van der Waals surface area contributed by atoms with Crippen LogP contribution in [0.3, 0.4) is 0 Å². The van der Waals surface area contributed by atoms with Crippen molar-refractivity contribution in [2.45, 2.75) is 44.6 Å². The van der Waals surface area contributed by atoms with Gasteiger partial charge >= 0.3 is 0 Å². The molecule has 2 aromatic carbocycles. The van der Waals surface area contributed by atoms with E-state index < -0.39 is 0 Å². The second-order valence-corrected chi connectivity index (χ2v) is 7.11. The Morgan fingerprint density at radius 3 is 2.52 bits per heavy atom. The van der Waals surface area contributed by atoms with Crippen molar-refractivity contribution in [3.05, 3.63) is 69.2 Å². The molecule has 0 saturated heterocycles. The van der Waals surface area contributed by atoms with Gasteiger partial charge in [-0.05, 0) is 54.6 Å². The van der Waals surface area contributed by atoms with Gasteiger partial charge in [-0.3, -0.25) is 0 Å². The van der Waals surface area contributed by atoms with Crippen LogP contribution in [0.4, 0.5) is 0 Å². The molecule has 1 nitrogen and oxygen atoms in total. The Hall–Kier alpha value is -1.02. The Morgan fingerprint density at radius 1 is 1.00 bits per heavy atom. The van der Waals surface area contributed by atoms with Crippen molar-refractivity contribution in [3.63, 3.8) is 0 Å². The minimum Gasteiger partial charge on any atom is -0.310 e. The Bertz CT molecular complexity index is 668. The quantitative estimate of drug-likeness (QED) is 0.621. The number of halogens is 2. The predicted molar refractivity (Wildman–Crippen MR) is 99.6 cm³/mol. The van der Waals surface area contributed by atoms with Gasteiger partial charge in [0, 0.05) is 12.0 Å². The van der Waals surface area contributed by atoms with Crippen LogP contribution < -0.4 is 5.32 Å². The van der Waals surface area contributed by atoms with Crippen LogP contribution in [0.25, 0.3) is 0 Å². The van der Waals surface area contributed by atoms with Gasteiger partial charge in [-0.1, -0.05) is 66.9 Å². The van der Waals surface area contributed by atoms with E-state index >= 15 is 0 Å². The van der Waals surface area contributed by atoms with Gasteiger partial charge in [-0.2, -0.15) is 0 Å². The monoisotopic (exact) mass is 347 g/mol. The number of rotatable bonds is 5. The summed E-state index contributed by atoms with van der Waals surface area (Å²) in [6.45, 7) is 3.32. The highest BCUT2D eigenvalue weighted by Crippen LogP contribution is 2.42. The van der Waals surface area contributed by atoms with Crippen LogP contribution in [0.15, 0.2) is 42.5 Å². The molecule has 0 bridgehead atoms. The molecule has 0 radical (unpaired) electrons. The molecule has 0 amide bonds. The van der Waals surface area contributed by atoms with Gasteiger partial charge in [-0.25, -0.2) is 0 Å². The van der Waals surface area contributed by atoms with E-state index in [0.717, 1.165) is 19.4 Å². The first kappa shape index (κ1) is 16.8. The standard InChI is InChI=1S/C20H23Cl2N/c1-2-3-12-23-20-11-9-15(16-6-4-5-7-17(16)20)14-8-10-18(21)19(22)13-14/h4-8,10,13,15,20,23H,2-3,9,11-12H2,1H3/t15-,20+/m0/s1. The molecule has 2 aromatic rings. The van der Waals surface area contributed by atoms with Crippen LogP contribution >= 0.6 is 23.2 Å². The minimum atomic E-state index is 0.408. The van der Waals surface area contributed by atoms with Crippen molar-refractivity contribution in [1.29, 1.82) is 0 Å². The number of unbranched alkanes of at least 4 members (excludes halogenated alkanes) is 1. The highest BCUT2D eigenvalue weighted by molar-refractivity contribution is 6.42. The van der Waals surface area contributed by atoms with E-state index in [0.29, 0.717) is 22.0 Å². The summed E-state index contributed by atoms with van der Waals surface area (Å²) >= 11 is 12.3. The lowest BCUT2D eigenvalue weighted by Gasteiger charge is -2.32. The zero-order valence-corrected chi connectivity index (χ0v) is 15.0. The van der Waals surface area contributed by atoms with Crippen LogP contribution in [0.1, 0.15) is 61.3 Å². The highest BCUT2D eigenvalue weighted by Gasteiger charge is 2.27. The Balaban J connectivity index is 1.88. The fourth-order valence-electron chi connectivity index (χ4n) is 3.53. The molecule has 0 aromatic heterocycles. The maximum atomic E-state index is 6.23. The Morgan fingerprint density at radius 2 is 1.78 bits per heavy atom. The third kappa shape index (κ3) is 3.74. The van der Waals surface area contributed by atoms with Gasteiger partial charge in [0.2, 0.25) is 0 Å². The van der Waals surface area contributed by atoms with Crippen LogP contribution in [0, 0.1) is 0 Å². The predicted octanol–water partition coefficient (Wildman–Crippen LogP) is 6.35. The molecular weight excluding hydrogens is 325 g/mol. The summed E-state index contributed by atoms with van der Waals surface area (Å²) in [5.74, 6) is 0.408. The molecule has 1 N–H and O–H groups in total. The molecule has 1 aliphatic carbocycles. The molecule has 122 valence electrons. The van der Waals surface area contributed by atoms with Crippen molar-refractivity contribution in [3.8, 4) is 0 Å². The molecule has 0 fully saturated rings. The van der Waals surface area contributed by atoms with E-state index in [1.807, 2.05) is 12.1 Å². The van der Waals surface area contributed by atoms with Crippen molar-refractivity contribution < 1.29 is 0 Å². The van der Waals surface area contributed by atoms with E-state index in [-0.39, 0.29) is 0 Å². The molecule has 0 saturated carbocycles. The number of benzene rings is 2. The summed E-state index contributed by atoms with van der Waals surface area (Å²) in [6.07, 6.45) is 4.76. The smallest absolute Gasteiger partial charge is 0.0595 e. The first-order valence-corrected chi connectivity index (χ1v) is 9.23. The zero-order chi connectivity index (χ0) is 16.2. The minimum absolute atomic E-state index is 0.408. The summed E-state index contributed by atoms with van der Waals surface area (Å²) in [5.41, 5.74) is 4.12. The molecule has 3 rings (SSSR count). The van der Waals surface area contributed by atoms with Gasteiger partial charge in [0.25, 0.3) is 0 Å². The third-order valence-electron chi connectivity index (χ3n) is 4.76.